The van der Waals surface area contributed by atoms with Gasteiger partial charge in [0.05, 0.1) is 51.5 Å². The molecule has 1 saturated heterocycles. The quantitative estimate of drug-likeness (QED) is 0.411. The Morgan fingerprint density at radius 1 is 1.03 bits per heavy atom. The number of nitrogens with zero attached hydrogens (tertiary/aromatic N) is 3. The van der Waals surface area contributed by atoms with Crippen LogP contribution in [0, 0.1) is 0 Å². The lowest BCUT2D eigenvalue weighted by atomic mass is 10.1. The number of aliphatic hydroxyl groups is 1. The number of benzene rings is 2. The van der Waals surface area contributed by atoms with Crippen molar-refractivity contribution in [2.75, 3.05) is 56.6 Å². The molecule has 1 fully saturated rings. The molecule has 0 spiro atoms. The molecule has 1 atom stereocenters. The number of hydrogen-bond acceptors (Lipinski definition) is 8. The van der Waals surface area contributed by atoms with E-state index in [2.05, 4.69) is 15.1 Å². The number of anilines is 2. The number of imide groups is 1. The van der Waals surface area contributed by atoms with Crippen LogP contribution in [-0.4, -0.2) is 85.1 Å². The highest BCUT2D eigenvalue weighted by atomic mass is 35.5. The predicted molar refractivity (Wildman–Crippen MR) is 147 cm³/mol. The smallest absolute Gasteiger partial charge is 0.265 e. The van der Waals surface area contributed by atoms with Gasteiger partial charge < -0.3 is 20.1 Å². The topological polar surface area (TPSA) is 102 Å². The first-order valence-electron chi connectivity index (χ1n) is 12.2. The van der Waals surface area contributed by atoms with Gasteiger partial charge in [-0.05, 0) is 36.4 Å². The summed E-state index contributed by atoms with van der Waals surface area (Å²) in [7, 11) is 1.65. The SMILES string of the molecule is COc1ccccc1N1CCN(CC(O)CN2C(=O)c3cccc(NC(=O)c4ccc(Cl)s4)c3C2=O)CC1. The molecule has 0 aliphatic carbocycles. The first kappa shape index (κ1) is 26.2. The summed E-state index contributed by atoms with van der Waals surface area (Å²) in [6.45, 7) is 3.17. The van der Waals surface area contributed by atoms with Crippen molar-refractivity contribution in [3.05, 3.63) is 74.9 Å². The van der Waals surface area contributed by atoms with E-state index in [1.165, 1.54) is 0 Å². The summed E-state index contributed by atoms with van der Waals surface area (Å²) in [5.74, 6) is -0.617. The molecular weight excluding hydrogens is 528 g/mol. The van der Waals surface area contributed by atoms with Crippen molar-refractivity contribution in [3.63, 3.8) is 0 Å². The number of ether oxygens (including phenoxy) is 1. The lowest BCUT2D eigenvalue weighted by Gasteiger charge is -2.37. The molecule has 0 bridgehead atoms. The fourth-order valence-electron chi connectivity index (χ4n) is 4.85. The van der Waals surface area contributed by atoms with Crippen LogP contribution >= 0.6 is 22.9 Å². The number of methoxy groups -OCH3 is 1. The van der Waals surface area contributed by atoms with Gasteiger partial charge in [-0.3, -0.25) is 24.2 Å². The number of aliphatic hydroxyl groups excluding tert-OH is 1. The lowest BCUT2D eigenvalue weighted by molar-refractivity contribution is 0.0469. The zero-order valence-corrected chi connectivity index (χ0v) is 22.3. The lowest BCUT2D eigenvalue weighted by Crippen LogP contribution is -2.50. The Balaban J connectivity index is 1.20. The highest BCUT2D eigenvalue weighted by molar-refractivity contribution is 7.18. The summed E-state index contributed by atoms with van der Waals surface area (Å²) in [6.07, 6.45) is -0.915. The van der Waals surface area contributed by atoms with E-state index in [-0.39, 0.29) is 23.4 Å². The summed E-state index contributed by atoms with van der Waals surface area (Å²) < 4.78 is 5.94. The number of halogens is 1. The maximum absolute atomic E-state index is 13.2. The van der Waals surface area contributed by atoms with Gasteiger partial charge in [0.2, 0.25) is 0 Å². The van der Waals surface area contributed by atoms with Crippen molar-refractivity contribution in [3.8, 4) is 5.75 Å². The van der Waals surface area contributed by atoms with Crippen LogP contribution < -0.4 is 15.0 Å². The molecule has 3 aromatic rings. The molecule has 2 aliphatic rings. The van der Waals surface area contributed by atoms with E-state index in [4.69, 9.17) is 16.3 Å². The van der Waals surface area contributed by atoms with Crippen molar-refractivity contribution in [1.82, 2.24) is 9.80 Å². The number of amides is 3. The minimum atomic E-state index is -0.915. The molecule has 2 aliphatic heterocycles. The number of carbonyl (C=O) groups is 3. The third-order valence-electron chi connectivity index (χ3n) is 6.70. The third-order valence-corrected chi connectivity index (χ3v) is 7.93. The summed E-state index contributed by atoms with van der Waals surface area (Å²) in [4.78, 5) is 44.7. The van der Waals surface area contributed by atoms with Gasteiger partial charge in [-0.25, -0.2) is 0 Å². The zero-order valence-electron chi connectivity index (χ0n) is 20.7. The fraction of sp³-hybridized carbons (Fsp3) is 0.296. The van der Waals surface area contributed by atoms with Crippen molar-refractivity contribution in [2.24, 2.45) is 0 Å². The largest absolute Gasteiger partial charge is 0.495 e. The molecule has 11 heteroatoms. The van der Waals surface area contributed by atoms with E-state index < -0.39 is 23.8 Å². The standard InChI is InChI=1S/C27H27ClN4O5S/c1-37-21-8-3-2-7-20(21)31-13-11-30(12-14-31)15-17(33)16-32-26(35)18-5-4-6-19(24(18)27(32)36)29-25(34)22-9-10-23(28)38-22/h2-10,17,33H,11-16H2,1H3,(H,29,34). The summed E-state index contributed by atoms with van der Waals surface area (Å²) in [6, 6.07) is 15.8. The normalized spacial score (nSPS) is 16.5. The molecule has 198 valence electrons. The first-order valence-corrected chi connectivity index (χ1v) is 13.4. The number of β-amino-alcohol motifs (C(OH)–C–C–N with tert-alkyl or cyclic N) is 1. The maximum Gasteiger partial charge on any atom is 0.265 e. The maximum atomic E-state index is 13.2. The molecule has 0 saturated carbocycles. The number of carbonyl (C=O) groups excluding carboxylic acids is 3. The summed E-state index contributed by atoms with van der Waals surface area (Å²) in [5, 5.41) is 13.5. The Kier molecular flexibility index (Phi) is 7.66. The number of nitrogens with one attached hydrogen (secondary N) is 1. The molecule has 3 amide bonds. The van der Waals surface area contributed by atoms with Crippen LogP contribution in [0.5, 0.6) is 5.75 Å². The number of rotatable bonds is 8. The molecule has 1 unspecified atom stereocenters. The second-order valence-corrected chi connectivity index (χ2v) is 10.8. The van der Waals surface area contributed by atoms with Gasteiger partial charge in [0, 0.05) is 32.7 Å². The molecule has 3 heterocycles. The van der Waals surface area contributed by atoms with Gasteiger partial charge in [-0.2, -0.15) is 0 Å². The Morgan fingerprint density at radius 3 is 2.50 bits per heavy atom. The molecular formula is C27H27ClN4O5S. The van der Waals surface area contributed by atoms with Crippen LogP contribution in [0.4, 0.5) is 11.4 Å². The number of para-hydroxylation sites is 2. The average molecular weight is 555 g/mol. The van der Waals surface area contributed by atoms with Crippen LogP contribution in [0.3, 0.4) is 0 Å². The van der Waals surface area contributed by atoms with E-state index in [1.807, 2.05) is 24.3 Å². The Morgan fingerprint density at radius 2 is 1.79 bits per heavy atom. The van der Waals surface area contributed by atoms with Crippen molar-refractivity contribution < 1.29 is 24.2 Å². The average Bonchev–Trinajstić information content (AvgIpc) is 3.46. The van der Waals surface area contributed by atoms with E-state index in [0.717, 1.165) is 53.9 Å². The molecule has 0 radical (unpaired) electrons. The van der Waals surface area contributed by atoms with Crippen molar-refractivity contribution in [2.45, 2.75) is 6.10 Å². The predicted octanol–water partition coefficient (Wildman–Crippen LogP) is 3.44. The second-order valence-electron chi connectivity index (χ2n) is 9.12. The monoisotopic (exact) mass is 554 g/mol. The van der Waals surface area contributed by atoms with Crippen molar-refractivity contribution in [1.29, 1.82) is 0 Å². The van der Waals surface area contributed by atoms with Crippen molar-refractivity contribution >= 4 is 52.0 Å². The summed E-state index contributed by atoms with van der Waals surface area (Å²) in [5.41, 5.74) is 1.62. The highest BCUT2D eigenvalue weighted by Crippen LogP contribution is 2.31. The second kappa shape index (κ2) is 11.1. The van der Waals surface area contributed by atoms with Crippen LogP contribution in [0.1, 0.15) is 30.4 Å². The van der Waals surface area contributed by atoms with E-state index >= 15 is 0 Å². The van der Waals surface area contributed by atoms with E-state index in [9.17, 15) is 19.5 Å². The molecule has 2 N–H and O–H groups in total. The van der Waals surface area contributed by atoms with Gasteiger partial charge in [-0.1, -0.05) is 29.8 Å². The first-order chi connectivity index (χ1) is 18.4. The number of piperazine rings is 1. The minimum absolute atomic E-state index is 0.131. The Hall–Kier alpha value is -3.44. The number of thiophene rings is 1. The van der Waals surface area contributed by atoms with Crippen LogP contribution in [0.15, 0.2) is 54.6 Å². The van der Waals surface area contributed by atoms with Gasteiger partial charge >= 0.3 is 0 Å². The molecule has 5 rings (SSSR count). The van der Waals surface area contributed by atoms with Crippen LogP contribution in [0.25, 0.3) is 0 Å². The summed E-state index contributed by atoms with van der Waals surface area (Å²) >= 11 is 7.05. The zero-order chi connectivity index (χ0) is 26.8. The minimum Gasteiger partial charge on any atom is -0.495 e. The molecule has 2 aromatic carbocycles. The third kappa shape index (κ3) is 5.25. The Labute approximate surface area is 229 Å². The molecule has 1 aromatic heterocycles. The van der Waals surface area contributed by atoms with Crippen LogP contribution in [-0.2, 0) is 0 Å². The Bertz CT molecular complexity index is 1370. The van der Waals surface area contributed by atoms with Gasteiger partial charge in [0.25, 0.3) is 17.7 Å². The highest BCUT2D eigenvalue weighted by Gasteiger charge is 2.39. The fourth-order valence-corrected chi connectivity index (χ4v) is 5.79. The molecule has 9 nitrogen and oxygen atoms in total. The number of fused-ring (bicyclic) bond motifs is 1. The van der Waals surface area contributed by atoms with E-state index in [0.29, 0.717) is 15.8 Å². The molecule has 38 heavy (non-hydrogen) atoms. The van der Waals surface area contributed by atoms with Crippen LogP contribution in [0.2, 0.25) is 4.34 Å². The van der Waals surface area contributed by atoms with Gasteiger partial charge in [0.15, 0.2) is 0 Å². The van der Waals surface area contributed by atoms with E-state index in [1.54, 1.807) is 37.4 Å². The van der Waals surface area contributed by atoms with Gasteiger partial charge in [-0.15, -0.1) is 11.3 Å². The number of hydrogen-bond donors (Lipinski definition) is 2. The van der Waals surface area contributed by atoms with Gasteiger partial charge in [0.1, 0.15) is 5.75 Å².